The molecule has 2 aliphatic rings. The summed E-state index contributed by atoms with van der Waals surface area (Å²) in [6.07, 6.45) is 6.04. The standard InChI is InChI=1S/C11H19BO3/c1-11(15-10(13)3-2-6-12)7-8-4-5-9(11)14-8/h8-9H,2-7,12H2,1H3. The Morgan fingerprint density at radius 3 is 2.93 bits per heavy atom. The largest absolute Gasteiger partial charge is 0.456 e. The number of rotatable bonds is 4. The summed E-state index contributed by atoms with van der Waals surface area (Å²) >= 11 is 0. The van der Waals surface area contributed by atoms with Crippen LogP contribution >= 0.6 is 0 Å². The number of carbonyl (C=O) groups excluding carboxylic acids is 1. The van der Waals surface area contributed by atoms with Gasteiger partial charge in [0.25, 0.3) is 0 Å². The number of carbonyl (C=O) groups is 1. The molecule has 0 amide bonds. The minimum Gasteiger partial charge on any atom is -0.456 e. The van der Waals surface area contributed by atoms with Gasteiger partial charge in [-0.3, -0.25) is 4.79 Å². The molecular formula is C11H19BO3. The van der Waals surface area contributed by atoms with Crippen LogP contribution in [0.3, 0.4) is 0 Å². The lowest BCUT2D eigenvalue weighted by atomic mass is 9.86. The van der Waals surface area contributed by atoms with Crippen molar-refractivity contribution in [2.24, 2.45) is 0 Å². The van der Waals surface area contributed by atoms with E-state index in [1.54, 1.807) is 0 Å². The maximum absolute atomic E-state index is 11.6. The van der Waals surface area contributed by atoms with Crippen molar-refractivity contribution in [2.75, 3.05) is 0 Å². The number of hydrogen-bond donors (Lipinski definition) is 0. The van der Waals surface area contributed by atoms with E-state index in [4.69, 9.17) is 9.47 Å². The second-order valence-electron chi connectivity index (χ2n) is 4.92. The molecule has 0 spiro atoms. The first-order chi connectivity index (χ1) is 7.14. The maximum Gasteiger partial charge on any atom is 0.306 e. The lowest BCUT2D eigenvalue weighted by Gasteiger charge is -2.30. The van der Waals surface area contributed by atoms with Crippen molar-refractivity contribution in [1.29, 1.82) is 0 Å². The van der Waals surface area contributed by atoms with Gasteiger partial charge in [0.1, 0.15) is 13.4 Å². The van der Waals surface area contributed by atoms with Gasteiger partial charge in [-0.15, -0.1) is 0 Å². The van der Waals surface area contributed by atoms with Crippen LogP contribution in [0, 0.1) is 0 Å². The fourth-order valence-electron chi connectivity index (χ4n) is 2.63. The Morgan fingerprint density at radius 1 is 1.60 bits per heavy atom. The van der Waals surface area contributed by atoms with Gasteiger partial charge in [0, 0.05) is 12.8 Å². The van der Waals surface area contributed by atoms with Crippen molar-refractivity contribution in [1.82, 2.24) is 0 Å². The van der Waals surface area contributed by atoms with Gasteiger partial charge in [0.15, 0.2) is 0 Å². The van der Waals surface area contributed by atoms with E-state index in [0.717, 1.165) is 32.0 Å². The van der Waals surface area contributed by atoms with Crippen LogP contribution in [-0.4, -0.2) is 31.6 Å². The summed E-state index contributed by atoms with van der Waals surface area (Å²) in [6, 6.07) is 0. The van der Waals surface area contributed by atoms with Crippen LogP contribution in [0.2, 0.25) is 6.32 Å². The molecule has 2 heterocycles. The van der Waals surface area contributed by atoms with Crippen LogP contribution in [0.1, 0.15) is 39.0 Å². The summed E-state index contributed by atoms with van der Waals surface area (Å²) in [7, 11) is 2.08. The Labute approximate surface area is 91.9 Å². The topological polar surface area (TPSA) is 35.5 Å². The van der Waals surface area contributed by atoms with Crippen molar-refractivity contribution in [3.05, 3.63) is 0 Å². The highest BCUT2D eigenvalue weighted by Crippen LogP contribution is 2.43. The molecule has 0 saturated carbocycles. The average Bonchev–Trinajstić information content (AvgIpc) is 2.73. The minimum absolute atomic E-state index is 0.0597. The monoisotopic (exact) mass is 210 g/mol. The van der Waals surface area contributed by atoms with Gasteiger partial charge in [0.2, 0.25) is 0 Å². The summed E-state index contributed by atoms with van der Waals surface area (Å²) in [5.41, 5.74) is -0.340. The molecule has 0 aromatic rings. The van der Waals surface area contributed by atoms with Gasteiger partial charge >= 0.3 is 5.97 Å². The van der Waals surface area contributed by atoms with E-state index in [0.29, 0.717) is 12.5 Å². The van der Waals surface area contributed by atoms with Crippen LogP contribution in [0.25, 0.3) is 0 Å². The normalized spacial score (nSPS) is 38.2. The Balaban J connectivity index is 1.86. The Hall–Kier alpha value is -0.505. The number of fused-ring (bicyclic) bond motifs is 2. The van der Waals surface area contributed by atoms with E-state index in [1.807, 2.05) is 6.92 Å². The van der Waals surface area contributed by atoms with E-state index >= 15 is 0 Å². The van der Waals surface area contributed by atoms with Crippen molar-refractivity contribution < 1.29 is 14.3 Å². The van der Waals surface area contributed by atoms with Crippen LogP contribution in [-0.2, 0) is 14.3 Å². The molecule has 0 N–H and O–H groups in total. The average molecular weight is 210 g/mol. The number of esters is 1. The molecule has 2 bridgehead atoms. The van der Waals surface area contributed by atoms with Crippen molar-refractivity contribution in [3.63, 3.8) is 0 Å². The van der Waals surface area contributed by atoms with Crippen LogP contribution in [0.4, 0.5) is 0 Å². The summed E-state index contributed by atoms with van der Waals surface area (Å²) in [6.45, 7) is 2.01. The van der Waals surface area contributed by atoms with Gasteiger partial charge in [-0.2, -0.15) is 0 Å². The Bertz CT molecular complexity index is 256. The molecule has 2 rings (SSSR count). The lowest BCUT2D eigenvalue weighted by Crippen LogP contribution is -2.41. The van der Waals surface area contributed by atoms with Gasteiger partial charge in [-0.25, -0.2) is 0 Å². The van der Waals surface area contributed by atoms with E-state index < -0.39 is 0 Å². The summed E-state index contributed by atoms with van der Waals surface area (Å²) < 4.78 is 11.3. The molecule has 0 radical (unpaired) electrons. The van der Waals surface area contributed by atoms with E-state index in [-0.39, 0.29) is 17.7 Å². The molecule has 4 heteroatoms. The molecule has 2 saturated heterocycles. The third kappa shape index (κ3) is 2.20. The van der Waals surface area contributed by atoms with Crippen molar-refractivity contribution in [3.8, 4) is 0 Å². The second kappa shape index (κ2) is 4.16. The van der Waals surface area contributed by atoms with E-state index in [2.05, 4.69) is 7.85 Å². The highest BCUT2D eigenvalue weighted by atomic mass is 16.6. The molecule has 3 nitrogen and oxygen atoms in total. The summed E-state index contributed by atoms with van der Waals surface area (Å²) in [5, 5.41) is 0. The first-order valence-electron chi connectivity index (χ1n) is 6.01. The van der Waals surface area contributed by atoms with Crippen molar-refractivity contribution >= 4 is 13.8 Å². The van der Waals surface area contributed by atoms with Gasteiger partial charge < -0.3 is 9.47 Å². The quantitative estimate of drug-likeness (QED) is 0.514. The van der Waals surface area contributed by atoms with Crippen LogP contribution < -0.4 is 0 Å². The fraction of sp³-hybridized carbons (Fsp3) is 0.909. The van der Waals surface area contributed by atoms with Crippen LogP contribution in [0.5, 0.6) is 0 Å². The maximum atomic E-state index is 11.6. The number of ether oxygens (including phenoxy) is 2. The molecule has 0 aliphatic carbocycles. The summed E-state index contributed by atoms with van der Waals surface area (Å²) in [4.78, 5) is 11.6. The third-order valence-electron chi connectivity index (χ3n) is 3.50. The smallest absolute Gasteiger partial charge is 0.306 e. The predicted molar refractivity (Wildman–Crippen MR) is 59.6 cm³/mol. The molecule has 3 unspecified atom stereocenters. The molecular weight excluding hydrogens is 191 g/mol. The highest BCUT2D eigenvalue weighted by molar-refractivity contribution is 6.08. The first-order valence-corrected chi connectivity index (χ1v) is 6.01. The number of hydrogen-bond acceptors (Lipinski definition) is 3. The Kier molecular flexibility index (Phi) is 3.05. The highest BCUT2D eigenvalue weighted by Gasteiger charge is 2.51. The molecule has 84 valence electrons. The molecule has 0 aromatic carbocycles. The zero-order chi connectivity index (χ0) is 10.9. The Morgan fingerprint density at radius 2 is 2.40 bits per heavy atom. The van der Waals surface area contributed by atoms with E-state index in [9.17, 15) is 4.79 Å². The summed E-state index contributed by atoms with van der Waals surface area (Å²) in [5.74, 6) is -0.0597. The van der Waals surface area contributed by atoms with Crippen molar-refractivity contribution in [2.45, 2.75) is 63.2 Å². The minimum atomic E-state index is -0.340. The molecule has 15 heavy (non-hydrogen) atoms. The second-order valence-corrected chi connectivity index (χ2v) is 4.92. The SMILES string of the molecule is BCCCC(=O)OC1(C)CC2CCC1O2. The molecule has 2 aliphatic heterocycles. The third-order valence-corrected chi connectivity index (χ3v) is 3.50. The fourth-order valence-corrected chi connectivity index (χ4v) is 2.63. The van der Waals surface area contributed by atoms with Crippen LogP contribution in [0.15, 0.2) is 0 Å². The lowest BCUT2D eigenvalue weighted by molar-refractivity contribution is -0.163. The zero-order valence-electron chi connectivity index (χ0n) is 9.62. The zero-order valence-corrected chi connectivity index (χ0v) is 9.62. The van der Waals surface area contributed by atoms with Gasteiger partial charge in [0.05, 0.1) is 12.2 Å². The van der Waals surface area contributed by atoms with E-state index in [1.165, 1.54) is 0 Å². The van der Waals surface area contributed by atoms with Gasteiger partial charge in [-0.1, -0.05) is 6.32 Å². The predicted octanol–water partition coefficient (Wildman–Crippen LogP) is 1.07. The van der Waals surface area contributed by atoms with Gasteiger partial charge in [-0.05, 0) is 26.2 Å². The molecule has 0 aromatic heterocycles. The first kappa shape index (κ1) is 11.0. The molecule has 2 fully saturated rings. The molecule has 3 atom stereocenters.